The van der Waals surface area contributed by atoms with E-state index in [-0.39, 0.29) is 53.5 Å². The SMILES string of the molecule is CCCOc1ccc(-c2ccc(C(CCC)(C(=O)O)N3Cc4[nH]c(-c5cccc(F)c5F)nc4C=N3)cn2)c(C(F)(F)F)c1. The summed E-state index contributed by atoms with van der Waals surface area (Å²) in [5.41, 5.74) is -2.01. The number of hydrogen-bond donors (Lipinski definition) is 2. The predicted octanol–water partition coefficient (Wildman–Crippen LogP) is 7.15. The predicted molar refractivity (Wildman–Crippen MR) is 152 cm³/mol. The van der Waals surface area contributed by atoms with Crippen LogP contribution in [-0.4, -0.2) is 43.9 Å². The topological polar surface area (TPSA) is 104 Å². The number of rotatable bonds is 10. The van der Waals surface area contributed by atoms with Gasteiger partial charge in [-0.1, -0.05) is 32.4 Å². The fraction of sp³-hybridized carbons (Fsp3) is 0.290. The first kappa shape index (κ1) is 30.6. The number of aliphatic carboxylic acids is 1. The number of imidazole rings is 1. The van der Waals surface area contributed by atoms with Gasteiger partial charge in [0.15, 0.2) is 17.2 Å². The molecule has 0 aliphatic carbocycles. The number of nitrogens with zero attached hydrogens (tertiary/aromatic N) is 4. The van der Waals surface area contributed by atoms with E-state index in [9.17, 15) is 31.9 Å². The summed E-state index contributed by atoms with van der Waals surface area (Å²) in [7, 11) is 0. The minimum absolute atomic E-state index is 0.00124. The minimum atomic E-state index is -4.69. The fourth-order valence-corrected chi connectivity index (χ4v) is 5.23. The molecule has 4 aromatic rings. The highest BCUT2D eigenvalue weighted by Crippen LogP contribution is 2.41. The maximum atomic E-state index is 14.4. The van der Waals surface area contributed by atoms with Crippen molar-refractivity contribution in [2.24, 2.45) is 5.10 Å². The summed E-state index contributed by atoms with van der Waals surface area (Å²) in [6.07, 6.45) is -1.01. The van der Waals surface area contributed by atoms with Gasteiger partial charge in [-0.15, -0.1) is 0 Å². The third-order valence-corrected chi connectivity index (χ3v) is 7.34. The van der Waals surface area contributed by atoms with Gasteiger partial charge in [0.05, 0.1) is 41.9 Å². The number of nitrogens with one attached hydrogen (secondary N) is 1. The number of benzene rings is 2. The molecule has 5 rings (SSSR count). The summed E-state index contributed by atoms with van der Waals surface area (Å²) >= 11 is 0. The summed E-state index contributed by atoms with van der Waals surface area (Å²) in [4.78, 5) is 24.5. The van der Waals surface area contributed by atoms with Gasteiger partial charge in [-0.3, -0.25) is 9.99 Å². The molecule has 0 bridgehead atoms. The number of hydrazone groups is 1. The first-order valence-electron chi connectivity index (χ1n) is 13.9. The standard InChI is InChI=1S/C31H28F5N5O3/c1-3-12-30(29(42)43,41-17-26-25(16-38-41)39-28(40-26)21-6-5-7-23(32)27(21)33)18-8-11-24(37-15-18)20-10-9-19(44-13-4-2)14-22(20)31(34,35)36/h5-11,14-16H,3-4,12-13,17H2,1-2H3,(H,39,40)(H,42,43). The zero-order valence-electron chi connectivity index (χ0n) is 23.8. The molecule has 0 fully saturated rings. The number of fused-ring (bicyclic) bond motifs is 1. The smallest absolute Gasteiger partial charge is 0.417 e. The monoisotopic (exact) mass is 613 g/mol. The van der Waals surface area contributed by atoms with Crippen LogP contribution in [0.25, 0.3) is 22.6 Å². The molecule has 0 saturated heterocycles. The Morgan fingerprint density at radius 2 is 1.86 bits per heavy atom. The summed E-state index contributed by atoms with van der Waals surface area (Å²) in [6.45, 7) is 3.81. The number of carboxylic acid groups (broad SMARTS) is 1. The Morgan fingerprint density at radius 1 is 1.07 bits per heavy atom. The lowest BCUT2D eigenvalue weighted by Gasteiger charge is -2.39. The van der Waals surface area contributed by atoms with Crippen molar-refractivity contribution in [1.29, 1.82) is 0 Å². The van der Waals surface area contributed by atoms with Gasteiger partial charge in [-0.25, -0.2) is 18.6 Å². The maximum absolute atomic E-state index is 14.4. The third-order valence-electron chi connectivity index (χ3n) is 7.34. The van der Waals surface area contributed by atoms with Gasteiger partial charge in [0.2, 0.25) is 0 Å². The number of carbonyl (C=O) groups is 1. The fourth-order valence-electron chi connectivity index (χ4n) is 5.23. The molecule has 0 amide bonds. The van der Waals surface area contributed by atoms with Crippen LogP contribution in [0.5, 0.6) is 5.75 Å². The number of hydrogen-bond acceptors (Lipinski definition) is 6. The third kappa shape index (κ3) is 5.61. The second kappa shape index (κ2) is 12.1. The normalized spacial score (nSPS) is 14.3. The van der Waals surface area contributed by atoms with Crippen LogP contribution in [0, 0.1) is 11.6 Å². The quantitative estimate of drug-likeness (QED) is 0.184. The van der Waals surface area contributed by atoms with Crippen LogP contribution in [0.4, 0.5) is 22.0 Å². The Bertz CT molecular complexity index is 1700. The molecule has 1 unspecified atom stereocenters. The van der Waals surface area contributed by atoms with Crippen LogP contribution in [0.3, 0.4) is 0 Å². The first-order chi connectivity index (χ1) is 21.0. The molecular weight excluding hydrogens is 585 g/mol. The Labute approximate surface area is 249 Å². The molecule has 1 aliphatic heterocycles. The number of halogens is 5. The van der Waals surface area contributed by atoms with Crippen molar-refractivity contribution in [3.8, 4) is 28.4 Å². The van der Waals surface area contributed by atoms with Crippen LogP contribution in [0.15, 0.2) is 59.8 Å². The van der Waals surface area contributed by atoms with Gasteiger partial charge < -0.3 is 14.8 Å². The molecule has 230 valence electrons. The van der Waals surface area contributed by atoms with Gasteiger partial charge in [-0.05, 0) is 49.2 Å². The molecule has 1 atom stereocenters. The number of pyridine rings is 1. The highest BCUT2D eigenvalue weighted by Gasteiger charge is 2.47. The molecule has 2 aromatic carbocycles. The van der Waals surface area contributed by atoms with Crippen molar-refractivity contribution >= 4 is 12.2 Å². The van der Waals surface area contributed by atoms with Crippen molar-refractivity contribution in [1.82, 2.24) is 20.0 Å². The number of ether oxygens (including phenoxy) is 1. The summed E-state index contributed by atoms with van der Waals surface area (Å²) in [5.74, 6) is -3.25. The van der Waals surface area contributed by atoms with Crippen molar-refractivity contribution in [3.05, 3.63) is 88.9 Å². The summed E-state index contributed by atoms with van der Waals surface area (Å²) in [6, 6.07) is 10.1. The Kier molecular flexibility index (Phi) is 8.40. The largest absolute Gasteiger partial charge is 0.494 e. The molecule has 13 heteroatoms. The molecule has 2 aromatic heterocycles. The second-order valence-corrected chi connectivity index (χ2v) is 10.3. The van der Waals surface area contributed by atoms with Crippen molar-refractivity contribution in [2.75, 3.05) is 6.61 Å². The molecule has 3 heterocycles. The van der Waals surface area contributed by atoms with Crippen molar-refractivity contribution in [3.63, 3.8) is 0 Å². The molecule has 2 N–H and O–H groups in total. The van der Waals surface area contributed by atoms with E-state index in [2.05, 4.69) is 20.1 Å². The zero-order valence-corrected chi connectivity index (χ0v) is 23.8. The lowest BCUT2D eigenvalue weighted by molar-refractivity contribution is -0.154. The van der Waals surface area contributed by atoms with Crippen molar-refractivity contribution in [2.45, 2.75) is 51.4 Å². The molecule has 0 saturated carbocycles. The Balaban J connectivity index is 1.51. The number of H-pyrrole nitrogens is 1. The Morgan fingerprint density at radius 3 is 2.52 bits per heavy atom. The number of aromatic amines is 1. The van der Waals surface area contributed by atoms with E-state index in [1.165, 1.54) is 53.8 Å². The average molecular weight is 614 g/mol. The minimum Gasteiger partial charge on any atom is -0.494 e. The maximum Gasteiger partial charge on any atom is 0.417 e. The molecule has 44 heavy (non-hydrogen) atoms. The number of carboxylic acids is 1. The molecule has 8 nitrogen and oxygen atoms in total. The van der Waals surface area contributed by atoms with Crippen LogP contribution >= 0.6 is 0 Å². The van der Waals surface area contributed by atoms with Crippen LogP contribution in [0.1, 0.15) is 55.6 Å². The van der Waals surface area contributed by atoms with Crippen molar-refractivity contribution < 1.29 is 36.6 Å². The molecule has 0 spiro atoms. The molecular formula is C31H28F5N5O3. The molecule has 0 radical (unpaired) electrons. The van der Waals surface area contributed by atoms with E-state index in [1.807, 2.05) is 6.92 Å². The lowest BCUT2D eigenvalue weighted by atomic mass is 9.85. The average Bonchev–Trinajstić information content (AvgIpc) is 3.43. The lowest BCUT2D eigenvalue weighted by Crippen LogP contribution is -2.50. The van der Waals surface area contributed by atoms with Crippen LogP contribution < -0.4 is 4.74 Å². The number of alkyl halides is 3. The van der Waals surface area contributed by atoms with E-state index < -0.39 is 34.9 Å². The number of aromatic nitrogens is 3. The van der Waals surface area contributed by atoms with Gasteiger partial charge >= 0.3 is 12.1 Å². The van der Waals surface area contributed by atoms with E-state index in [4.69, 9.17) is 4.74 Å². The summed E-state index contributed by atoms with van der Waals surface area (Å²) < 4.78 is 75.6. The van der Waals surface area contributed by atoms with Crippen LogP contribution in [-0.2, 0) is 23.1 Å². The first-order valence-corrected chi connectivity index (χ1v) is 13.9. The van der Waals surface area contributed by atoms with Crippen LogP contribution in [0.2, 0.25) is 0 Å². The Hall–Kier alpha value is -4.81. The highest BCUT2D eigenvalue weighted by atomic mass is 19.4. The highest BCUT2D eigenvalue weighted by molar-refractivity contribution is 5.84. The van der Waals surface area contributed by atoms with Gasteiger partial charge in [0.1, 0.15) is 17.3 Å². The van der Waals surface area contributed by atoms with E-state index in [0.717, 1.165) is 12.1 Å². The summed E-state index contributed by atoms with van der Waals surface area (Å²) in [5, 5.41) is 16.3. The van der Waals surface area contributed by atoms with E-state index in [1.54, 1.807) is 6.92 Å². The van der Waals surface area contributed by atoms with Gasteiger partial charge in [0, 0.05) is 17.3 Å². The molecule has 1 aliphatic rings. The van der Waals surface area contributed by atoms with E-state index >= 15 is 0 Å². The van der Waals surface area contributed by atoms with E-state index in [0.29, 0.717) is 24.2 Å². The second-order valence-electron chi connectivity index (χ2n) is 10.3. The zero-order chi connectivity index (χ0) is 31.6. The van der Waals surface area contributed by atoms with Gasteiger partial charge in [-0.2, -0.15) is 18.3 Å². The van der Waals surface area contributed by atoms with Gasteiger partial charge in [0.25, 0.3) is 0 Å².